The average molecular weight is 245 g/mol. The Balaban J connectivity index is 2.02. The van der Waals surface area contributed by atoms with Crippen LogP contribution in [-0.4, -0.2) is 5.60 Å². The number of hydrogen-bond donors (Lipinski definition) is 1. The fraction of sp³-hybridized carbons (Fsp3) is 0.625. The molecule has 1 aromatic carbocycles. The fourth-order valence-electron chi connectivity index (χ4n) is 3.51. The summed E-state index contributed by atoms with van der Waals surface area (Å²) in [5, 5.41) is 0. The molecule has 1 aliphatic carbocycles. The van der Waals surface area contributed by atoms with Crippen molar-refractivity contribution in [1.82, 2.24) is 0 Å². The summed E-state index contributed by atoms with van der Waals surface area (Å²) in [7, 11) is 0. The van der Waals surface area contributed by atoms with Gasteiger partial charge in [-0.1, -0.05) is 18.6 Å². The number of hydrogen-bond acceptors (Lipinski definition) is 2. The summed E-state index contributed by atoms with van der Waals surface area (Å²) < 4.78 is 6.46. The zero-order valence-corrected chi connectivity index (χ0v) is 11.5. The van der Waals surface area contributed by atoms with Gasteiger partial charge in [0.05, 0.1) is 0 Å². The molecule has 0 radical (unpaired) electrons. The smallest absolute Gasteiger partial charge is 0.128 e. The maximum absolute atomic E-state index is 6.46. The number of fused-ring (bicyclic) bond motifs is 1. The van der Waals surface area contributed by atoms with E-state index in [1.807, 2.05) is 0 Å². The molecule has 1 unspecified atom stereocenters. The van der Waals surface area contributed by atoms with Gasteiger partial charge in [0, 0.05) is 18.0 Å². The van der Waals surface area contributed by atoms with Crippen molar-refractivity contribution in [2.24, 2.45) is 5.73 Å². The second-order valence-corrected chi connectivity index (χ2v) is 6.08. The number of benzene rings is 1. The fourth-order valence-corrected chi connectivity index (χ4v) is 3.51. The molecule has 0 saturated heterocycles. The summed E-state index contributed by atoms with van der Waals surface area (Å²) >= 11 is 0. The first kappa shape index (κ1) is 12.0. The van der Waals surface area contributed by atoms with Crippen molar-refractivity contribution in [1.29, 1.82) is 0 Å². The molecule has 0 bridgehead atoms. The first-order valence-electron chi connectivity index (χ1n) is 7.16. The van der Waals surface area contributed by atoms with Gasteiger partial charge >= 0.3 is 0 Å². The van der Waals surface area contributed by atoms with Crippen molar-refractivity contribution < 1.29 is 4.74 Å². The van der Waals surface area contributed by atoms with E-state index < -0.39 is 0 Å². The summed E-state index contributed by atoms with van der Waals surface area (Å²) in [6.45, 7) is 4.30. The van der Waals surface area contributed by atoms with Gasteiger partial charge in [-0.2, -0.15) is 0 Å². The highest BCUT2D eigenvalue weighted by Crippen LogP contribution is 2.46. The van der Waals surface area contributed by atoms with Crippen molar-refractivity contribution >= 4 is 0 Å². The number of nitrogens with two attached hydrogens (primary N) is 1. The highest BCUT2D eigenvalue weighted by molar-refractivity contribution is 5.48. The van der Waals surface area contributed by atoms with E-state index in [1.165, 1.54) is 48.8 Å². The molecule has 0 aromatic heterocycles. The van der Waals surface area contributed by atoms with Gasteiger partial charge in [0.25, 0.3) is 0 Å². The van der Waals surface area contributed by atoms with E-state index in [2.05, 4.69) is 26.0 Å². The molecule has 1 fully saturated rings. The van der Waals surface area contributed by atoms with Crippen LogP contribution >= 0.6 is 0 Å². The second kappa shape index (κ2) is 4.27. The molecule has 98 valence electrons. The van der Waals surface area contributed by atoms with Crippen LogP contribution in [0.2, 0.25) is 0 Å². The van der Waals surface area contributed by atoms with Crippen LogP contribution < -0.4 is 10.5 Å². The van der Waals surface area contributed by atoms with Crippen LogP contribution in [0.5, 0.6) is 5.75 Å². The van der Waals surface area contributed by atoms with Crippen LogP contribution in [0.1, 0.15) is 61.3 Å². The average Bonchev–Trinajstić information content (AvgIpc) is 2.35. The second-order valence-electron chi connectivity index (χ2n) is 6.08. The molecule has 3 rings (SSSR count). The largest absolute Gasteiger partial charge is 0.487 e. The van der Waals surface area contributed by atoms with Crippen LogP contribution in [0.15, 0.2) is 12.1 Å². The Kier molecular flexibility index (Phi) is 2.86. The Bertz CT molecular complexity index is 460. The van der Waals surface area contributed by atoms with Gasteiger partial charge in [-0.25, -0.2) is 0 Å². The third-order valence-corrected chi connectivity index (χ3v) is 4.78. The monoisotopic (exact) mass is 245 g/mol. The molecule has 2 N–H and O–H groups in total. The summed E-state index contributed by atoms with van der Waals surface area (Å²) in [5.74, 6) is 1.08. The van der Waals surface area contributed by atoms with E-state index in [0.717, 1.165) is 12.2 Å². The molecule has 1 aliphatic heterocycles. The number of aryl methyl sites for hydroxylation is 1. The van der Waals surface area contributed by atoms with Crippen LogP contribution in [0, 0.1) is 13.8 Å². The Labute approximate surface area is 110 Å². The maximum atomic E-state index is 6.46. The highest BCUT2D eigenvalue weighted by atomic mass is 16.5. The Morgan fingerprint density at radius 1 is 1.17 bits per heavy atom. The first-order valence-corrected chi connectivity index (χ1v) is 7.16. The van der Waals surface area contributed by atoms with Crippen LogP contribution in [0.25, 0.3) is 0 Å². The van der Waals surface area contributed by atoms with Crippen molar-refractivity contribution in [2.75, 3.05) is 0 Å². The molecular weight excluding hydrogens is 222 g/mol. The standard InChI is InChI=1S/C16H23NO/c1-11-6-7-13-14(17)10-16(8-4-3-5-9-16)18-15(13)12(11)2/h6-7,14H,3-5,8-10,17H2,1-2H3. The highest BCUT2D eigenvalue weighted by Gasteiger charge is 2.41. The Morgan fingerprint density at radius 3 is 2.61 bits per heavy atom. The van der Waals surface area contributed by atoms with Gasteiger partial charge in [-0.05, 0) is 50.7 Å². The topological polar surface area (TPSA) is 35.2 Å². The van der Waals surface area contributed by atoms with Gasteiger partial charge in [0.1, 0.15) is 11.4 Å². The van der Waals surface area contributed by atoms with Gasteiger partial charge in [-0.3, -0.25) is 0 Å². The Morgan fingerprint density at radius 2 is 1.89 bits per heavy atom. The third kappa shape index (κ3) is 1.83. The van der Waals surface area contributed by atoms with E-state index in [4.69, 9.17) is 10.5 Å². The van der Waals surface area contributed by atoms with Crippen molar-refractivity contribution in [3.05, 3.63) is 28.8 Å². The summed E-state index contributed by atoms with van der Waals surface area (Å²) in [4.78, 5) is 0. The molecule has 1 aromatic rings. The lowest BCUT2D eigenvalue weighted by atomic mass is 9.77. The SMILES string of the molecule is Cc1ccc2c(c1C)OC1(CCCCC1)CC2N. The molecule has 1 saturated carbocycles. The zero-order valence-electron chi connectivity index (χ0n) is 11.5. The molecule has 1 atom stereocenters. The van der Waals surface area contributed by atoms with Gasteiger partial charge < -0.3 is 10.5 Å². The minimum absolute atomic E-state index is 0.0310. The van der Waals surface area contributed by atoms with Crippen molar-refractivity contribution in [2.45, 2.75) is 64.0 Å². The van der Waals surface area contributed by atoms with Gasteiger partial charge in [0.2, 0.25) is 0 Å². The third-order valence-electron chi connectivity index (χ3n) is 4.78. The van der Waals surface area contributed by atoms with E-state index in [-0.39, 0.29) is 11.6 Å². The van der Waals surface area contributed by atoms with E-state index >= 15 is 0 Å². The minimum atomic E-state index is 0.0310. The molecule has 2 nitrogen and oxygen atoms in total. The summed E-state index contributed by atoms with van der Waals surface area (Å²) in [5.41, 5.74) is 10.2. The summed E-state index contributed by atoms with van der Waals surface area (Å²) in [6, 6.07) is 4.46. The lowest BCUT2D eigenvalue weighted by Gasteiger charge is -2.44. The molecule has 1 spiro atoms. The molecular formula is C16H23NO. The molecule has 2 aliphatic rings. The molecule has 0 amide bonds. The normalized spacial score (nSPS) is 25.6. The van der Waals surface area contributed by atoms with E-state index in [0.29, 0.717) is 0 Å². The minimum Gasteiger partial charge on any atom is -0.487 e. The Hall–Kier alpha value is -1.02. The molecule has 2 heteroatoms. The van der Waals surface area contributed by atoms with Crippen molar-refractivity contribution in [3.63, 3.8) is 0 Å². The van der Waals surface area contributed by atoms with E-state index in [9.17, 15) is 0 Å². The van der Waals surface area contributed by atoms with Crippen LogP contribution in [0.3, 0.4) is 0 Å². The summed E-state index contributed by atoms with van der Waals surface area (Å²) in [6.07, 6.45) is 7.25. The van der Waals surface area contributed by atoms with Gasteiger partial charge in [0.15, 0.2) is 0 Å². The maximum Gasteiger partial charge on any atom is 0.128 e. The van der Waals surface area contributed by atoms with Crippen LogP contribution in [-0.2, 0) is 0 Å². The zero-order chi connectivity index (χ0) is 12.8. The predicted octanol–water partition coefficient (Wildman–Crippen LogP) is 3.79. The lowest BCUT2D eigenvalue weighted by molar-refractivity contribution is 0.00123. The molecule has 18 heavy (non-hydrogen) atoms. The van der Waals surface area contributed by atoms with Gasteiger partial charge in [-0.15, -0.1) is 0 Å². The van der Waals surface area contributed by atoms with E-state index in [1.54, 1.807) is 0 Å². The quantitative estimate of drug-likeness (QED) is 0.754. The number of rotatable bonds is 0. The lowest BCUT2D eigenvalue weighted by Crippen LogP contribution is -2.44. The van der Waals surface area contributed by atoms with Crippen LogP contribution in [0.4, 0.5) is 0 Å². The predicted molar refractivity (Wildman–Crippen MR) is 73.9 cm³/mol. The van der Waals surface area contributed by atoms with Crippen molar-refractivity contribution in [3.8, 4) is 5.75 Å². The first-order chi connectivity index (χ1) is 8.61. The molecule has 1 heterocycles. The number of ether oxygens (including phenoxy) is 1.